The average Bonchev–Trinajstić information content (AvgIpc) is 2.39. The van der Waals surface area contributed by atoms with E-state index in [1.165, 1.54) is 0 Å². The highest BCUT2D eigenvalue weighted by Crippen LogP contribution is 2.09. The van der Waals surface area contributed by atoms with Crippen LogP contribution in [0.4, 0.5) is 0 Å². The van der Waals surface area contributed by atoms with Crippen molar-refractivity contribution in [3.05, 3.63) is 0 Å². The maximum absolute atomic E-state index is 8.46. The third-order valence-electron chi connectivity index (χ3n) is 1.23. The van der Waals surface area contributed by atoms with Crippen LogP contribution < -0.4 is 0 Å². The first-order valence-corrected chi connectivity index (χ1v) is 3.80. The molecule has 5 nitrogen and oxygen atoms in total. The van der Waals surface area contributed by atoms with Crippen LogP contribution in [0.25, 0.3) is 0 Å². The van der Waals surface area contributed by atoms with E-state index in [2.05, 4.69) is 0 Å². The van der Waals surface area contributed by atoms with E-state index in [1.54, 1.807) is 0 Å². The van der Waals surface area contributed by atoms with Gasteiger partial charge in [-0.2, -0.15) is 0 Å². The molecule has 0 aromatic rings. The predicted octanol–water partition coefficient (Wildman–Crippen LogP) is -0.482. The summed E-state index contributed by atoms with van der Waals surface area (Å²) in [5.74, 6) is 0. The molecule has 0 spiro atoms. The Balaban J connectivity index is 0. The molecule has 1 heterocycles. The lowest BCUT2D eigenvalue weighted by Crippen LogP contribution is -2.09. The molecule has 1 fully saturated rings. The van der Waals surface area contributed by atoms with Gasteiger partial charge in [0.1, 0.15) is 0 Å². The molecule has 0 aromatic carbocycles. The Hall–Kier alpha value is -0.0600. The van der Waals surface area contributed by atoms with Crippen LogP contribution >= 0.6 is 8.69 Å². The third kappa shape index (κ3) is 7.84. The van der Waals surface area contributed by atoms with E-state index in [9.17, 15) is 0 Å². The van der Waals surface area contributed by atoms with E-state index >= 15 is 0 Å². The Morgan fingerprint density at radius 3 is 2.36 bits per heavy atom. The Bertz CT molecular complexity index is 82.9. The second kappa shape index (κ2) is 9.94. The molecule has 0 saturated carbocycles. The van der Waals surface area contributed by atoms with E-state index in [0.717, 1.165) is 19.4 Å². The molecule has 0 aromatic heterocycles. The highest BCUT2D eigenvalue weighted by molar-refractivity contribution is 7.16. The van der Waals surface area contributed by atoms with Gasteiger partial charge in [-0.25, -0.2) is 4.57 Å². The quantitative estimate of drug-likeness (QED) is 0.537. The minimum Gasteiger partial charge on any atom is -0.412 e. The van der Waals surface area contributed by atoms with Gasteiger partial charge in [-0.05, 0) is 12.8 Å². The van der Waals surface area contributed by atoms with Gasteiger partial charge in [0.15, 0.2) is 0 Å². The molecule has 6 heteroatoms. The second-order valence-electron chi connectivity index (χ2n) is 1.90. The number of ether oxygens (including phenoxy) is 1. The molecule has 1 unspecified atom stereocenters. The highest BCUT2D eigenvalue weighted by atomic mass is 31.1. The lowest BCUT2D eigenvalue weighted by Gasteiger charge is -2.00. The molecule has 1 aliphatic rings. The predicted molar refractivity (Wildman–Crippen MR) is 39.5 cm³/mol. The van der Waals surface area contributed by atoms with Crippen molar-refractivity contribution in [2.75, 3.05) is 13.2 Å². The van der Waals surface area contributed by atoms with Crippen LogP contribution in [0.5, 0.6) is 0 Å². The first-order valence-electron chi connectivity index (χ1n) is 3.04. The van der Waals surface area contributed by atoms with E-state index in [1.807, 2.05) is 0 Å². The summed E-state index contributed by atoms with van der Waals surface area (Å²) in [7, 11) is -0.833. The largest absolute Gasteiger partial charge is 0.412 e. The first kappa shape index (κ1) is 13.5. The van der Waals surface area contributed by atoms with E-state index in [-0.39, 0.29) is 18.2 Å². The van der Waals surface area contributed by atoms with Gasteiger partial charge in [0, 0.05) is 6.61 Å². The second-order valence-corrected chi connectivity index (χ2v) is 2.06. The summed E-state index contributed by atoms with van der Waals surface area (Å²) in [5, 5.41) is 8.44. The van der Waals surface area contributed by atoms with Crippen LogP contribution in [-0.2, 0) is 9.30 Å². The smallest absolute Gasteiger partial charge is 0.324 e. The molecule has 4 N–H and O–H groups in total. The molecule has 1 rings (SSSR count). The fourth-order valence-corrected chi connectivity index (χ4v) is 0.788. The summed E-state index contributed by atoms with van der Waals surface area (Å²) in [6.07, 6.45) is 2.31. The summed E-state index contributed by atoms with van der Waals surface area (Å²) < 4.78 is 13.5. The molecule has 11 heavy (non-hydrogen) atoms. The lowest BCUT2D eigenvalue weighted by atomic mass is 10.2. The van der Waals surface area contributed by atoms with Gasteiger partial charge in [-0.3, -0.25) is 0 Å². The highest BCUT2D eigenvalue weighted by Gasteiger charge is 2.12. The van der Waals surface area contributed by atoms with Gasteiger partial charge in [-0.15, -0.1) is 0 Å². The van der Waals surface area contributed by atoms with Crippen molar-refractivity contribution >= 4 is 8.69 Å². The summed E-state index contributed by atoms with van der Waals surface area (Å²) in [4.78, 5) is 6.99. The Morgan fingerprint density at radius 1 is 1.64 bits per heavy atom. The summed E-state index contributed by atoms with van der Waals surface area (Å²) in [6, 6.07) is 0. The average molecular weight is 184 g/mol. The molecule has 1 atom stereocenters. The molecular weight excluding hydrogens is 171 g/mol. The number of rotatable bonds is 1. The minimum absolute atomic E-state index is 0. The fraction of sp³-hybridized carbons (Fsp3) is 1.00. The molecule has 1 aliphatic heterocycles. The van der Waals surface area contributed by atoms with E-state index < -0.39 is 8.69 Å². The van der Waals surface area contributed by atoms with Crippen molar-refractivity contribution < 1.29 is 24.8 Å². The van der Waals surface area contributed by atoms with Crippen LogP contribution in [0.2, 0.25) is 0 Å². The van der Waals surface area contributed by atoms with Crippen LogP contribution in [0, 0.1) is 0 Å². The van der Waals surface area contributed by atoms with Gasteiger partial charge in [0.2, 0.25) is 0 Å². The zero-order chi connectivity index (χ0) is 7.82. The Labute approximate surface area is 66.6 Å². The minimum atomic E-state index is -0.833. The molecule has 0 bridgehead atoms. The number of hydrogen-bond donors (Lipinski definition) is 2. The summed E-state index contributed by atoms with van der Waals surface area (Å²) in [6.45, 7) is 1.03. The number of aliphatic hydroxyl groups is 1. The summed E-state index contributed by atoms with van der Waals surface area (Å²) >= 11 is 0. The van der Waals surface area contributed by atoms with Crippen molar-refractivity contribution in [2.45, 2.75) is 18.9 Å². The van der Waals surface area contributed by atoms with Gasteiger partial charge in [0.05, 0.1) is 12.7 Å². The number of aliphatic hydroxyl groups excluding tert-OH is 1. The van der Waals surface area contributed by atoms with Crippen molar-refractivity contribution in [1.29, 1.82) is 0 Å². The third-order valence-corrected chi connectivity index (χ3v) is 1.23. The Morgan fingerprint density at radius 2 is 2.18 bits per heavy atom. The standard InChI is InChI=1S/C5H10O2.HO2P.H2O/c6-4-5-2-1-3-7-5;1-3-2;/h5-6H,1-4H2;(H,1,2);1H2. The van der Waals surface area contributed by atoms with Crippen LogP contribution in [-0.4, -0.2) is 34.8 Å². The molecule has 68 valence electrons. The maximum Gasteiger partial charge on any atom is 0.324 e. The van der Waals surface area contributed by atoms with Gasteiger partial charge in [0.25, 0.3) is 0 Å². The number of hydrogen-bond acceptors (Lipinski definition) is 3. The van der Waals surface area contributed by atoms with E-state index in [0.29, 0.717) is 0 Å². The molecular formula is C5H13O5P. The van der Waals surface area contributed by atoms with Crippen molar-refractivity contribution in [3.8, 4) is 0 Å². The summed E-state index contributed by atoms with van der Waals surface area (Å²) in [5.41, 5.74) is 0. The normalized spacial score (nSPS) is 21.8. The lowest BCUT2D eigenvalue weighted by molar-refractivity contribution is 0.0591. The maximum atomic E-state index is 8.46. The van der Waals surface area contributed by atoms with Gasteiger partial charge in [-0.1, -0.05) is 0 Å². The zero-order valence-corrected chi connectivity index (χ0v) is 6.96. The molecule has 0 amide bonds. The molecule has 1 saturated heterocycles. The van der Waals surface area contributed by atoms with Crippen molar-refractivity contribution in [2.24, 2.45) is 0 Å². The fourth-order valence-electron chi connectivity index (χ4n) is 0.788. The Kier molecular flexibility index (Phi) is 12.2. The molecule has 0 aliphatic carbocycles. The van der Waals surface area contributed by atoms with Gasteiger partial charge >= 0.3 is 8.69 Å². The van der Waals surface area contributed by atoms with Crippen LogP contribution in [0.3, 0.4) is 0 Å². The van der Waals surface area contributed by atoms with Crippen LogP contribution in [0.15, 0.2) is 0 Å². The monoisotopic (exact) mass is 184 g/mol. The van der Waals surface area contributed by atoms with Crippen LogP contribution in [0.1, 0.15) is 12.8 Å². The van der Waals surface area contributed by atoms with Gasteiger partial charge < -0.3 is 20.2 Å². The first-order chi connectivity index (χ1) is 4.85. The SMILES string of the molecule is O.O=PO.OCC1CCCO1. The zero-order valence-electron chi connectivity index (χ0n) is 6.06. The van der Waals surface area contributed by atoms with Crippen molar-refractivity contribution in [1.82, 2.24) is 0 Å². The van der Waals surface area contributed by atoms with Crippen molar-refractivity contribution in [3.63, 3.8) is 0 Å². The topological polar surface area (TPSA) is 98.3 Å². The molecule has 0 radical (unpaired) electrons. The van der Waals surface area contributed by atoms with E-state index in [4.69, 9.17) is 19.3 Å².